The third kappa shape index (κ3) is 2.55. The molecule has 0 aliphatic rings. The van der Waals surface area contributed by atoms with Crippen molar-refractivity contribution in [2.24, 2.45) is 0 Å². The van der Waals surface area contributed by atoms with Gasteiger partial charge in [-0.25, -0.2) is 0 Å². The van der Waals surface area contributed by atoms with Crippen LogP contribution in [0.1, 0.15) is 11.1 Å². The van der Waals surface area contributed by atoms with E-state index < -0.39 is 0 Å². The number of hydrogen-bond donors (Lipinski definition) is 1. The number of hydrogen-bond acceptors (Lipinski definition) is 3. The van der Waals surface area contributed by atoms with Crippen LogP contribution in [0.2, 0.25) is 5.02 Å². The van der Waals surface area contributed by atoms with Gasteiger partial charge in [0.15, 0.2) is 5.75 Å². The van der Waals surface area contributed by atoms with Crippen LogP contribution < -0.4 is 10.5 Å². The molecule has 0 fully saturated rings. The van der Waals surface area contributed by atoms with E-state index in [0.717, 1.165) is 5.56 Å². The number of benzene rings is 2. The second-order valence-electron chi connectivity index (χ2n) is 3.88. The second kappa shape index (κ2) is 4.99. The zero-order valence-corrected chi connectivity index (χ0v) is 10.5. The molecule has 4 heteroatoms. The summed E-state index contributed by atoms with van der Waals surface area (Å²) in [6, 6.07) is 12.3. The fraction of sp³-hybridized carbons (Fsp3) is 0.0714. The van der Waals surface area contributed by atoms with E-state index in [1.165, 1.54) is 0 Å². The maximum atomic E-state index is 8.85. The third-order valence-electron chi connectivity index (χ3n) is 2.51. The molecule has 2 aromatic carbocycles. The van der Waals surface area contributed by atoms with Gasteiger partial charge in [-0.15, -0.1) is 0 Å². The zero-order valence-electron chi connectivity index (χ0n) is 9.77. The number of aryl methyl sites for hydroxylation is 1. The Labute approximate surface area is 110 Å². The van der Waals surface area contributed by atoms with Crippen LogP contribution in [0.3, 0.4) is 0 Å². The summed E-state index contributed by atoms with van der Waals surface area (Å²) in [6.07, 6.45) is 0. The summed E-state index contributed by atoms with van der Waals surface area (Å²) in [7, 11) is 0. The van der Waals surface area contributed by atoms with Gasteiger partial charge < -0.3 is 10.5 Å². The highest BCUT2D eigenvalue weighted by atomic mass is 35.5. The molecule has 0 radical (unpaired) electrons. The van der Waals surface area contributed by atoms with Gasteiger partial charge >= 0.3 is 0 Å². The highest BCUT2D eigenvalue weighted by Gasteiger charge is 2.06. The molecule has 0 amide bonds. The molecule has 2 aromatic rings. The van der Waals surface area contributed by atoms with E-state index in [0.29, 0.717) is 27.8 Å². The summed E-state index contributed by atoms with van der Waals surface area (Å²) in [5.74, 6) is 1.09. The van der Waals surface area contributed by atoms with Crippen LogP contribution in [-0.4, -0.2) is 0 Å². The number of ether oxygens (including phenoxy) is 1. The molecule has 2 rings (SSSR count). The van der Waals surface area contributed by atoms with Gasteiger partial charge in [0.25, 0.3) is 0 Å². The maximum absolute atomic E-state index is 8.85. The molecule has 0 saturated heterocycles. The number of anilines is 1. The number of halogens is 1. The van der Waals surface area contributed by atoms with E-state index in [2.05, 4.69) is 0 Å². The summed E-state index contributed by atoms with van der Waals surface area (Å²) >= 11 is 5.92. The lowest BCUT2D eigenvalue weighted by atomic mass is 10.2. The number of rotatable bonds is 2. The minimum absolute atomic E-state index is 0.458. The Morgan fingerprint density at radius 1 is 1.17 bits per heavy atom. The fourth-order valence-electron chi connectivity index (χ4n) is 1.49. The van der Waals surface area contributed by atoms with Crippen molar-refractivity contribution in [3.8, 4) is 17.6 Å². The molecule has 2 N–H and O–H groups in total. The molecule has 18 heavy (non-hydrogen) atoms. The summed E-state index contributed by atoms with van der Waals surface area (Å²) in [5.41, 5.74) is 7.74. The van der Waals surface area contributed by atoms with Gasteiger partial charge in [0.1, 0.15) is 5.75 Å². The molecule has 0 aromatic heterocycles. The number of nitrogens with two attached hydrogens (primary N) is 1. The average molecular weight is 259 g/mol. The van der Waals surface area contributed by atoms with E-state index in [1.54, 1.807) is 30.3 Å². The molecule has 0 unspecified atom stereocenters. The number of nitriles is 1. The second-order valence-corrected chi connectivity index (χ2v) is 4.31. The normalized spacial score (nSPS) is 9.83. The smallest absolute Gasteiger partial charge is 0.151 e. The molecular formula is C14H11ClN2O. The van der Waals surface area contributed by atoms with Gasteiger partial charge in [-0.05, 0) is 36.8 Å². The van der Waals surface area contributed by atoms with Crippen molar-refractivity contribution >= 4 is 17.3 Å². The molecule has 3 nitrogen and oxygen atoms in total. The quantitative estimate of drug-likeness (QED) is 0.831. The Kier molecular flexibility index (Phi) is 3.40. The summed E-state index contributed by atoms with van der Waals surface area (Å²) in [5, 5.41) is 9.44. The molecule has 0 saturated carbocycles. The standard InChI is InChI=1S/C14H11ClN2O/c1-9-2-4-11(15)7-13(9)18-14-6-10(8-16)3-5-12(14)17/h2-7H,17H2,1H3. The Morgan fingerprint density at radius 3 is 2.67 bits per heavy atom. The summed E-state index contributed by atoms with van der Waals surface area (Å²) in [4.78, 5) is 0. The lowest BCUT2D eigenvalue weighted by molar-refractivity contribution is 0.481. The van der Waals surface area contributed by atoms with Crippen molar-refractivity contribution < 1.29 is 4.74 Å². The van der Waals surface area contributed by atoms with Crippen LogP contribution in [-0.2, 0) is 0 Å². The van der Waals surface area contributed by atoms with Crippen molar-refractivity contribution in [2.75, 3.05) is 5.73 Å². The fourth-order valence-corrected chi connectivity index (χ4v) is 1.66. The molecular weight excluding hydrogens is 248 g/mol. The van der Waals surface area contributed by atoms with Crippen LogP contribution in [0, 0.1) is 18.3 Å². The molecule has 0 bridgehead atoms. The number of nitrogens with zero attached hydrogens (tertiary/aromatic N) is 1. The van der Waals surface area contributed by atoms with Crippen LogP contribution in [0.5, 0.6) is 11.5 Å². The van der Waals surface area contributed by atoms with Crippen LogP contribution >= 0.6 is 11.6 Å². The van der Waals surface area contributed by atoms with Crippen molar-refractivity contribution in [1.82, 2.24) is 0 Å². The first-order valence-corrected chi connectivity index (χ1v) is 5.71. The largest absolute Gasteiger partial charge is 0.455 e. The minimum atomic E-state index is 0.458. The lowest BCUT2D eigenvalue weighted by Crippen LogP contribution is -1.94. The molecule has 0 atom stereocenters. The first kappa shape index (κ1) is 12.3. The highest BCUT2D eigenvalue weighted by molar-refractivity contribution is 6.30. The monoisotopic (exact) mass is 258 g/mol. The van der Waals surface area contributed by atoms with E-state index in [1.807, 2.05) is 19.1 Å². The van der Waals surface area contributed by atoms with Crippen LogP contribution in [0.15, 0.2) is 36.4 Å². The SMILES string of the molecule is Cc1ccc(Cl)cc1Oc1cc(C#N)ccc1N. The Morgan fingerprint density at radius 2 is 1.94 bits per heavy atom. The van der Waals surface area contributed by atoms with Gasteiger partial charge in [-0.3, -0.25) is 0 Å². The molecule has 0 heterocycles. The van der Waals surface area contributed by atoms with Crippen molar-refractivity contribution in [1.29, 1.82) is 5.26 Å². The molecule has 90 valence electrons. The minimum Gasteiger partial charge on any atom is -0.455 e. The Hall–Kier alpha value is -2.18. The summed E-state index contributed by atoms with van der Waals surface area (Å²) < 4.78 is 5.70. The zero-order chi connectivity index (χ0) is 13.1. The lowest BCUT2D eigenvalue weighted by Gasteiger charge is -2.11. The number of nitrogen functional groups attached to an aromatic ring is 1. The van der Waals surface area contributed by atoms with Gasteiger partial charge in [-0.1, -0.05) is 17.7 Å². The first-order chi connectivity index (χ1) is 8.60. The van der Waals surface area contributed by atoms with E-state index in [-0.39, 0.29) is 0 Å². The van der Waals surface area contributed by atoms with E-state index in [4.69, 9.17) is 27.3 Å². The van der Waals surface area contributed by atoms with Crippen LogP contribution in [0.4, 0.5) is 5.69 Å². The van der Waals surface area contributed by atoms with Crippen molar-refractivity contribution in [3.63, 3.8) is 0 Å². The topological polar surface area (TPSA) is 59.0 Å². The van der Waals surface area contributed by atoms with E-state index >= 15 is 0 Å². The van der Waals surface area contributed by atoms with Gasteiger partial charge in [0, 0.05) is 11.1 Å². The Bertz CT molecular complexity index is 632. The van der Waals surface area contributed by atoms with Crippen LogP contribution in [0.25, 0.3) is 0 Å². The van der Waals surface area contributed by atoms with Gasteiger partial charge in [-0.2, -0.15) is 5.26 Å². The van der Waals surface area contributed by atoms with E-state index in [9.17, 15) is 0 Å². The third-order valence-corrected chi connectivity index (χ3v) is 2.75. The molecule has 0 aliphatic carbocycles. The van der Waals surface area contributed by atoms with Gasteiger partial charge in [0.2, 0.25) is 0 Å². The average Bonchev–Trinajstić information content (AvgIpc) is 2.36. The predicted molar refractivity (Wildman–Crippen MR) is 71.8 cm³/mol. The predicted octanol–water partition coefficient (Wildman–Crippen LogP) is 3.89. The summed E-state index contributed by atoms with van der Waals surface area (Å²) in [6.45, 7) is 1.91. The first-order valence-electron chi connectivity index (χ1n) is 5.34. The van der Waals surface area contributed by atoms with Crippen molar-refractivity contribution in [2.45, 2.75) is 6.92 Å². The maximum Gasteiger partial charge on any atom is 0.151 e. The highest BCUT2D eigenvalue weighted by Crippen LogP contribution is 2.31. The molecule has 0 spiro atoms. The Balaban J connectivity index is 2.39. The van der Waals surface area contributed by atoms with Gasteiger partial charge in [0.05, 0.1) is 17.3 Å². The van der Waals surface area contributed by atoms with Crippen molar-refractivity contribution in [3.05, 3.63) is 52.5 Å². The molecule has 0 aliphatic heterocycles.